The van der Waals surface area contributed by atoms with Crippen LogP contribution in [0.15, 0.2) is 43.0 Å². The number of imide groups is 1. The Morgan fingerprint density at radius 3 is 2.60 bits per heavy atom. The van der Waals surface area contributed by atoms with Gasteiger partial charge in [0.15, 0.2) is 0 Å². The number of morpholine rings is 1. The highest BCUT2D eigenvalue weighted by Crippen LogP contribution is 2.39. The Labute approximate surface area is 232 Å². The van der Waals surface area contributed by atoms with Gasteiger partial charge in [0.2, 0.25) is 11.6 Å². The Hall–Kier alpha value is -3.19. The van der Waals surface area contributed by atoms with Crippen molar-refractivity contribution in [3.05, 3.63) is 71.0 Å². The first kappa shape index (κ1) is 29.8. The van der Waals surface area contributed by atoms with Crippen molar-refractivity contribution in [1.82, 2.24) is 15.1 Å². The Kier molecular flexibility index (Phi) is 8.74. The summed E-state index contributed by atoms with van der Waals surface area (Å²) in [5.41, 5.74) is -1.22. The summed E-state index contributed by atoms with van der Waals surface area (Å²) in [7, 11) is 1.13. The average Bonchev–Trinajstić information content (AvgIpc) is 2.90. The third-order valence-electron chi connectivity index (χ3n) is 7.35. The smallest absolute Gasteiger partial charge is 0.274 e. The number of halogens is 1. The lowest BCUT2D eigenvalue weighted by molar-refractivity contribution is -0.323. The van der Waals surface area contributed by atoms with Gasteiger partial charge < -0.3 is 24.8 Å². The average molecular weight is 558 g/mol. The second-order valence-electron chi connectivity index (χ2n) is 10.5. The minimum absolute atomic E-state index is 0.0224. The van der Waals surface area contributed by atoms with E-state index in [0.29, 0.717) is 11.4 Å². The highest BCUT2D eigenvalue weighted by Gasteiger charge is 2.53. The van der Waals surface area contributed by atoms with Crippen LogP contribution in [0.5, 0.6) is 5.75 Å². The third-order valence-corrected chi connectivity index (χ3v) is 7.35. The second-order valence-corrected chi connectivity index (χ2v) is 10.5. The molecule has 3 unspecified atom stereocenters. The van der Waals surface area contributed by atoms with E-state index in [0.717, 1.165) is 25.7 Å². The molecule has 40 heavy (non-hydrogen) atoms. The van der Waals surface area contributed by atoms with Crippen molar-refractivity contribution in [1.29, 1.82) is 0 Å². The fourth-order valence-electron chi connectivity index (χ4n) is 5.30. The molecule has 0 aromatic heterocycles. The van der Waals surface area contributed by atoms with E-state index in [1.54, 1.807) is 24.3 Å². The fraction of sp³-hybridized carbons (Fsp3) is 0.448. The van der Waals surface area contributed by atoms with Crippen molar-refractivity contribution >= 4 is 17.9 Å². The molecular weight excluding hydrogens is 521 g/mol. The maximum Gasteiger partial charge on any atom is 0.274 e. The standard InChI is InChI=1S/C29H36FN3O7/c1-5-21-7-6-8-24(26(21)29(37,38)32(4)28(36)12-11-25(34)31-27(28)35)39-17-22-13-20(9-10-23(22)30)16-33-14-18(2)40-19(3)15-33/h5-10,13,18-19,36-38H,1,11-12,14-17H2,2-4H3,(H,31,34,35). The molecule has 216 valence electrons. The molecule has 0 bridgehead atoms. The molecule has 11 heteroatoms. The van der Waals surface area contributed by atoms with E-state index in [9.17, 15) is 29.3 Å². The number of carbonyl (C=O) groups excluding carboxylic acids is 2. The number of carbonyl (C=O) groups is 2. The molecule has 2 fully saturated rings. The maximum atomic E-state index is 14.8. The Bertz CT molecular complexity index is 1280. The quantitative estimate of drug-likeness (QED) is 0.269. The zero-order chi connectivity index (χ0) is 29.2. The van der Waals surface area contributed by atoms with Crippen LogP contribution in [0, 0.1) is 5.82 Å². The van der Waals surface area contributed by atoms with Gasteiger partial charge in [0.1, 0.15) is 18.2 Å². The molecule has 10 nitrogen and oxygen atoms in total. The van der Waals surface area contributed by atoms with Gasteiger partial charge in [-0.2, -0.15) is 0 Å². The van der Waals surface area contributed by atoms with Crippen molar-refractivity contribution in [2.24, 2.45) is 0 Å². The molecule has 3 atom stereocenters. The zero-order valence-electron chi connectivity index (χ0n) is 22.9. The summed E-state index contributed by atoms with van der Waals surface area (Å²) in [6, 6.07) is 9.40. The van der Waals surface area contributed by atoms with Gasteiger partial charge in [0.25, 0.3) is 11.8 Å². The van der Waals surface area contributed by atoms with Crippen molar-refractivity contribution in [3.63, 3.8) is 0 Å². The van der Waals surface area contributed by atoms with Gasteiger partial charge in [-0.3, -0.25) is 19.8 Å². The van der Waals surface area contributed by atoms with Crippen molar-refractivity contribution in [2.45, 2.75) is 63.7 Å². The topological polar surface area (TPSA) is 132 Å². The first-order valence-electron chi connectivity index (χ1n) is 13.1. The summed E-state index contributed by atoms with van der Waals surface area (Å²) < 4.78 is 26.5. The van der Waals surface area contributed by atoms with Crippen LogP contribution in [0.25, 0.3) is 6.08 Å². The molecule has 4 rings (SSSR count). The summed E-state index contributed by atoms with van der Waals surface area (Å²) in [6.45, 7) is 9.62. The van der Waals surface area contributed by atoms with Crippen LogP contribution in [0.4, 0.5) is 4.39 Å². The molecule has 2 aliphatic rings. The molecule has 0 radical (unpaired) electrons. The van der Waals surface area contributed by atoms with Crippen LogP contribution >= 0.6 is 0 Å². The van der Waals surface area contributed by atoms with Crippen LogP contribution in [-0.4, -0.2) is 75.0 Å². The number of likely N-dealkylation sites (N-methyl/N-ethyl adjacent to an activating group) is 1. The SMILES string of the molecule is C=Cc1cccc(OCc2cc(CN3CC(C)OC(C)C3)ccc2F)c1C(O)(O)N(C)C1(O)CCC(=O)NC1=O. The van der Waals surface area contributed by atoms with Gasteiger partial charge in [0, 0.05) is 38.0 Å². The molecule has 2 saturated heterocycles. The molecule has 0 saturated carbocycles. The number of ether oxygens (including phenoxy) is 2. The molecular formula is C29H36FN3O7. The number of hydrogen-bond acceptors (Lipinski definition) is 9. The van der Waals surface area contributed by atoms with Crippen LogP contribution in [0.3, 0.4) is 0 Å². The van der Waals surface area contributed by atoms with Crippen molar-refractivity contribution in [3.8, 4) is 5.75 Å². The first-order chi connectivity index (χ1) is 18.8. The van der Waals surface area contributed by atoms with Gasteiger partial charge in [-0.15, -0.1) is 0 Å². The molecule has 0 aliphatic carbocycles. The van der Waals surface area contributed by atoms with Gasteiger partial charge in [-0.25, -0.2) is 9.29 Å². The van der Waals surface area contributed by atoms with Gasteiger partial charge in [-0.1, -0.05) is 30.9 Å². The van der Waals surface area contributed by atoms with E-state index in [-0.39, 0.29) is 54.1 Å². The first-order valence-corrected chi connectivity index (χ1v) is 13.1. The normalized spacial score (nSPS) is 24.2. The summed E-state index contributed by atoms with van der Waals surface area (Å²) in [6.07, 6.45) is 0.985. The summed E-state index contributed by atoms with van der Waals surface area (Å²) in [4.78, 5) is 27.0. The lowest BCUT2D eigenvalue weighted by Crippen LogP contribution is -2.67. The number of nitrogens with zero attached hydrogens (tertiary/aromatic N) is 2. The molecule has 2 heterocycles. The van der Waals surface area contributed by atoms with E-state index in [1.165, 1.54) is 18.2 Å². The van der Waals surface area contributed by atoms with Crippen molar-refractivity contribution in [2.75, 3.05) is 20.1 Å². The predicted molar refractivity (Wildman–Crippen MR) is 144 cm³/mol. The fourth-order valence-corrected chi connectivity index (χ4v) is 5.30. The third kappa shape index (κ3) is 6.09. The van der Waals surface area contributed by atoms with Crippen molar-refractivity contribution < 1.29 is 38.8 Å². The number of amides is 2. The van der Waals surface area contributed by atoms with Gasteiger partial charge in [0.05, 0.1) is 17.8 Å². The molecule has 4 N–H and O–H groups in total. The van der Waals surface area contributed by atoms with E-state index in [1.807, 2.05) is 19.2 Å². The number of hydrogen-bond donors (Lipinski definition) is 4. The number of piperidine rings is 1. The molecule has 2 aromatic carbocycles. The summed E-state index contributed by atoms with van der Waals surface area (Å²) in [5.74, 6) is -5.12. The predicted octanol–water partition coefficient (Wildman–Crippen LogP) is 1.81. The van der Waals surface area contributed by atoms with Crippen LogP contribution in [0.1, 0.15) is 48.9 Å². The van der Waals surface area contributed by atoms with E-state index >= 15 is 0 Å². The minimum Gasteiger partial charge on any atom is -0.488 e. The molecule has 2 aromatic rings. The Balaban J connectivity index is 1.59. The van der Waals surface area contributed by atoms with Crippen LogP contribution in [-0.2, 0) is 33.4 Å². The van der Waals surface area contributed by atoms with Gasteiger partial charge >= 0.3 is 0 Å². The molecule has 2 amide bonds. The molecule has 0 spiro atoms. The largest absolute Gasteiger partial charge is 0.488 e. The second kappa shape index (κ2) is 11.7. The summed E-state index contributed by atoms with van der Waals surface area (Å²) in [5, 5.41) is 35.7. The number of aliphatic hydroxyl groups is 3. The minimum atomic E-state index is -2.95. The lowest BCUT2D eigenvalue weighted by atomic mass is 9.95. The highest BCUT2D eigenvalue weighted by atomic mass is 19.1. The summed E-state index contributed by atoms with van der Waals surface area (Å²) >= 11 is 0. The van der Waals surface area contributed by atoms with Crippen LogP contribution < -0.4 is 10.1 Å². The van der Waals surface area contributed by atoms with E-state index < -0.39 is 29.3 Å². The number of nitrogens with one attached hydrogen (secondary N) is 1. The number of rotatable bonds is 9. The van der Waals surface area contributed by atoms with Crippen LogP contribution in [0.2, 0.25) is 0 Å². The molecule has 2 aliphatic heterocycles. The zero-order valence-corrected chi connectivity index (χ0v) is 22.9. The van der Waals surface area contributed by atoms with E-state index in [2.05, 4.69) is 11.5 Å². The Morgan fingerprint density at radius 2 is 1.95 bits per heavy atom. The van der Waals surface area contributed by atoms with E-state index in [4.69, 9.17) is 9.47 Å². The monoisotopic (exact) mass is 557 g/mol. The maximum absolute atomic E-state index is 14.8. The highest BCUT2D eigenvalue weighted by molar-refractivity contribution is 6.01. The lowest BCUT2D eigenvalue weighted by Gasteiger charge is -2.44. The van der Waals surface area contributed by atoms with Gasteiger partial charge in [-0.05, 0) is 50.2 Å². The Morgan fingerprint density at radius 1 is 1.25 bits per heavy atom. The number of benzene rings is 2.